The molecule has 2 aliphatic rings. The number of nitrogens with zero attached hydrogens (tertiary/aromatic N) is 2. The highest BCUT2D eigenvalue weighted by molar-refractivity contribution is 7.20. The van der Waals surface area contributed by atoms with E-state index in [9.17, 15) is 4.79 Å². The number of carbonyl (C=O) groups excluding carboxylic acids is 1. The number of fused-ring (bicyclic) bond motifs is 1. The summed E-state index contributed by atoms with van der Waals surface area (Å²) in [7, 11) is 0. The third-order valence-corrected chi connectivity index (χ3v) is 8.35. The third kappa shape index (κ3) is 4.26. The number of allylic oxidation sites excluding steroid dienone is 2. The molecule has 190 valence electrons. The summed E-state index contributed by atoms with van der Waals surface area (Å²) < 4.78 is 13.5. The monoisotopic (exact) mass is 512 g/mol. The fourth-order valence-electron chi connectivity index (χ4n) is 5.62. The standard InChI is InChI=1S/C31H32N2O3S/c1-17-16-22-29(37-30(33-22)20-8-6-7-9-20)26(24(17)28(18(2)34)36-31(3,4)5)21-10-11-23-25-19(13-15-35-23)12-14-32-27(21)25/h8,10-12,14,16,28H,6-7,9,13,15H2,1-5H3/t28-/m1/s1. The van der Waals surface area contributed by atoms with Crippen molar-refractivity contribution >= 4 is 43.8 Å². The van der Waals surface area contributed by atoms with Gasteiger partial charge in [-0.1, -0.05) is 6.08 Å². The second-order valence-corrected chi connectivity index (χ2v) is 12.1. The summed E-state index contributed by atoms with van der Waals surface area (Å²) in [6.45, 7) is 10.3. The van der Waals surface area contributed by atoms with Crippen LogP contribution in [0.2, 0.25) is 0 Å². The van der Waals surface area contributed by atoms with Crippen molar-refractivity contribution in [3.05, 3.63) is 58.2 Å². The number of ether oxygens (including phenoxy) is 2. The van der Waals surface area contributed by atoms with Crippen molar-refractivity contribution in [1.29, 1.82) is 0 Å². The molecule has 3 heterocycles. The molecule has 2 aromatic heterocycles. The Morgan fingerprint density at radius 2 is 2.03 bits per heavy atom. The Bertz CT molecular complexity index is 1580. The van der Waals surface area contributed by atoms with Crippen LogP contribution in [-0.2, 0) is 16.0 Å². The van der Waals surface area contributed by atoms with Gasteiger partial charge in [0.15, 0.2) is 5.78 Å². The molecule has 6 heteroatoms. The third-order valence-electron chi connectivity index (χ3n) is 7.18. The number of ketones is 1. The van der Waals surface area contributed by atoms with Crippen molar-refractivity contribution in [1.82, 2.24) is 9.97 Å². The maximum Gasteiger partial charge on any atom is 0.163 e. The van der Waals surface area contributed by atoms with Crippen molar-refractivity contribution in [2.45, 2.75) is 72.0 Å². The fraction of sp³-hybridized carbons (Fsp3) is 0.387. The predicted molar refractivity (Wildman–Crippen MR) is 150 cm³/mol. The second kappa shape index (κ2) is 9.03. The average molecular weight is 513 g/mol. The Balaban J connectivity index is 1.71. The number of hydrogen-bond acceptors (Lipinski definition) is 6. The zero-order valence-corrected chi connectivity index (χ0v) is 22.9. The molecule has 0 saturated heterocycles. The predicted octanol–water partition coefficient (Wildman–Crippen LogP) is 7.77. The highest BCUT2D eigenvalue weighted by Crippen LogP contribution is 2.47. The van der Waals surface area contributed by atoms with E-state index in [0.29, 0.717) is 6.61 Å². The van der Waals surface area contributed by atoms with Crippen LogP contribution in [0.5, 0.6) is 5.75 Å². The summed E-state index contributed by atoms with van der Waals surface area (Å²) in [4.78, 5) is 23.1. The highest BCUT2D eigenvalue weighted by Gasteiger charge is 2.32. The van der Waals surface area contributed by atoms with Crippen LogP contribution in [-0.4, -0.2) is 28.0 Å². The fourth-order valence-corrected chi connectivity index (χ4v) is 6.81. The molecule has 0 saturated carbocycles. The van der Waals surface area contributed by atoms with Gasteiger partial charge in [0.25, 0.3) is 0 Å². The van der Waals surface area contributed by atoms with E-state index in [4.69, 9.17) is 19.4 Å². The van der Waals surface area contributed by atoms with E-state index in [2.05, 4.69) is 37.3 Å². The van der Waals surface area contributed by atoms with Gasteiger partial charge in [-0.25, -0.2) is 4.98 Å². The normalized spacial score (nSPS) is 16.2. The minimum Gasteiger partial charge on any atom is -0.493 e. The van der Waals surface area contributed by atoms with Crippen LogP contribution in [0.4, 0.5) is 0 Å². The van der Waals surface area contributed by atoms with Gasteiger partial charge in [-0.15, -0.1) is 11.3 Å². The second-order valence-electron chi connectivity index (χ2n) is 11.1. The van der Waals surface area contributed by atoms with E-state index in [1.54, 1.807) is 18.3 Å². The summed E-state index contributed by atoms with van der Waals surface area (Å²) in [5.41, 5.74) is 7.84. The van der Waals surface area contributed by atoms with Crippen LogP contribution < -0.4 is 4.74 Å². The average Bonchev–Trinajstić information content (AvgIpc) is 3.52. The molecule has 0 unspecified atom stereocenters. The first kappa shape index (κ1) is 24.3. The van der Waals surface area contributed by atoms with Crippen LogP contribution in [0, 0.1) is 6.92 Å². The van der Waals surface area contributed by atoms with Gasteiger partial charge in [0.2, 0.25) is 0 Å². The number of carbonyl (C=O) groups is 1. The summed E-state index contributed by atoms with van der Waals surface area (Å²) in [5.74, 6) is 0.856. The number of thiazole rings is 1. The van der Waals surface area contributed by atoms with Crippen molar-refractivity contribution in [3.8, 4) is 16.9 Å². The molecule has 0 radical (unpaired) electrons. The van der Waals surface area contributed by atoms with Gasteiger partial charge in [0.1, 0.15) is 16.9 Å². The van der Waals surface area contributed by atoms with Gasteiger partial charge in [-0.3, -0.25) is 9.78 Å². The number of Topliss-reactive ketones (excluding diaryl/α,β-unsaturated/α-hetero) is 1. The van der Waals surface area contributed by atoms with Crippen LogP contribution in [0.1, 0.15) is 74.8 Å². The van der Waals surface area contributed by atoms with E-state index in [-0.39, 0.29) is 5.78 Å². The van der Waals surface area contributed by atoms with Gasteiger partial charge in [-0.2, -0.15) is 0 Å². The lowest BCUT2D eigenvalue weighted by Gasteiger charge is -2.29. The number of benzene rings is 2. The van der Waals surface area contributed by atoms with E-state index in [1.165, 1.54) is 17.6 Å². The van der Waals surface area contributed by atoms with Crippen molar-refractivity contribution < 1.29 is 14.3 Å². The topological polar surface area (TPSA) is 61.3 Å². The Morgan fingerprint density at radius 3 is 2.76 bits per heavy atom. The van der Waals surface area contributed by atoms with Crippen LogP contribution in [0.25, 0.3) is 37.8 Å². The molecule has 37 heavy (non-hydrogen) atoms. The summed E-state index contributed by atoms with van der Waals surface area (Å²) in [5, 5.41) is 2.13. The molecule has 1 atom stereocenters. The molecular weight excluding hydrogens is 480 g/mol. The minimum absolute atomic E-state index is 0.0131. The molecule has 0 fully saturated rings. The Morgan fingerprint density at radius 1 is 1.19 bits per heavy atom. The molecular formula is C31H32N2O3S. The van der Waals surface area contributed by atoms with Crippen molar-refractivity contribution in [3.63, 3.8) is 0 Å². The quantitative estimate of drug-likeness (QED) is 0.273. The molecule has 0 amide bonds. The minimum atomic E-state index is -0.697. The van der Waals surface area contributed by atoms with Crippen LogP contribution >= 0.6 is 11.3 Å². The molecule has 2 aromatic carbocycles. The van der Waals surface area contributed by atoms with Gasteiger partial charge in [0, 0.05) is 34.7 Å². The van der Waals surface area contributed by atoms with Crippen LogP contribution in [0.3, 0.4) is 0 Å². The lowest BCUT2D eigenvalue weighted by Crippen LogP contribution is -2.27. The first-order valence-corrected chi connectivity index (χ1v) is 13.9. The Hall–Kier alpha value is -3.09. The van der Waals surface area contributed by atoms with Crippen molar-refractivity contribution in [2.24, 2.45) is 0 Å². The maximum atomic E-state index is 13.2. The number of hydrogen-bond donors (Lipinski definition) is 0. The maximum absolute atomic E-state index is 13.2. The SMILES string of the molecule is CC(=O)[C@@H](OC(C)(C)C)c1c(C)cc2nc(C3=CCCC3)sc2c1-c1ccc2c3c(ccnc13)CCO2. The number of aryl methyl sites for hydroxylation is 1. The molecule has 1 aliphatic heterocycles. The van der Waals surface area contributed by atoms with E-state index < -0.39 is 11.7 Å². The molecule has 5 nitrogen and oxygen atoms in total. The molecule has 0 N–H and O–H groups in total. The lowest BCUT2D eigenvalue weighted by molar-refractivity contribution is -0.138. The molecule has 4 aromatic rings. The number of pyridine rings is 1. The van der Waals surface area contributed by atoms with Gasteiger partial charge < -0.3 is 9.47 Å². The summed E-state index contributed by atoms with van der Waals surface area (Å²) in [6, 6.07) is 8.35. The van der Waals surface area contributed by atoms with Crippen LogP contribution in [0.15, 0.2) is 36.5 Å². The highest BCUT2D eigenvalue weighted by atomic mass is 32.1. The lowest BCUT2D eigenvalue weighted by atomic mass is 9.88. The van der Waals surface area contributed by atoms with Gasteiger partial charge in [-0.05, 0) is 94.8 Å². The first-order valence-electron chi connectivity index (χ1n) is 13.1. The number of aromatic nitrogens is 2. The molecule has 0 bridgehead atoms. The summed E-state index contributed by atoms with van der Waals surface area (Å²) >= 11 is 1.72. The van der Waals surface area contributed by atoms with Crippen molar-refractivity contribution in [2.75, 3.05) is 6.61 Å². The van der Waals surface area contributed by atoms with Gasteiger partial charge in [0.05, 0.1) is 27.9 Å². The van der Waals surface area contributed by atoms with Gasteiger partial charge >= 0.3 is 0 Å². The molecule has 1 aliphatic carbocycles. The Kier molecular flexibility index (Phi) is 5.92. The molecule has 0 spiro atoms. The molecule has 6 rings (SSSR count). The zero-order valence-electron chi connectivity index (χ0n) is 22.1. The summed E-state index contributed by atoms with van der Waals surface area (Å²) in [6.07, 6.45) is 7.70. The van der Waals surface area contributed by atoms with E-state index in [1.807, 2.05) is 27.0 Å². The zero-order chi connectivity index (χ0) is 25.9. The first-order chi connectivity index (χ1) is 17.7. The smallest absolute Gasteiger partial charge is 0.163 e. The van der Waals surface area contributed by atoms with E-state index >= 15 is 0 Å². The largest absolute Gasteiger partial charge is 0.493 e. The Labute approximate surface area is 221 Å². The van der Waals surface area contributed by atoms with E-state index in [0.717, 1.165) is 73.4 Å². The number of rotatable bonds is 5.